The summed E-state index contributed by atoms with van der Waals surface area (Å²) >= 11 is 1.63. The van der Waals surface area contributed by atoms with Crippen LogP contribution >= 0.6 is 11.8 Å². The van der Waals surface area contributed by atoms with E-state index in [0.717, 1.165) is 0 Å². The minimum absolute atomic E-state index is 0.257. The van der Waals surface area contributed by atoms with E-state index < -0.39 is 0 Å². The molecule has 3 heteroatoms. The van der Waals surface area contributed by atoms with Crippen molar-refractivity contribution in [1.29, 1.82) is 0 Å². The molecule has 1 amide bonds. The van der Waals surface area contributed by atoms with Gasteiger partial charge in [0.15, 0.2) is 0 Å². The molecule has 2 rings (SSSR count). The van der Waals surface area contributed by atoms with Crippen LogP contribution in [0.2, 0.25) is 0 Å². The summed E-state index contributed by atoms with van der Waals surface area (Å²) in [6.07, 6.45) is 4.90. The molecular formula is C15H21NOS. The second-order valence-electron chi connectivity index (χ2n) is 5.04. The molecule has 18 heavy (non-hydrogen) atoms. The SMILES string of the molecule is Cc1ccc(SCC(=O)N(C)C2CCCC2)cc1. The number of carbonyl (C=O) groups is 1. The van der Waals surface area contributed by atoms with Crippen LogP contribution in [-0.4, -0.2) is 29.6 Å². The first-order chi connectivity index (χ1) is 8.66. The highest BCUT2D eigenvalue weighted by Crippen LogP contribution is 2.24. The number of hydrogen-bond acceptors (Lipinski definition) is 2. The molecule has 1 saturated carbocycles. The van der Waals surface area contributed by atoms with Crippen molar-refractivity contribution >= 4 is 17.7 Å². The number of nitrogens with zero attached hydrogens (tertiary/aromatic N) is 1. The van der Waals surface area contributed by atoms with E-state index in [9.17, 15) is 4.79 Å². The van der Waals surface area contributed by atoms with E-state index in [0.29, 0.717) is 11.8 Å². The van der Waals surface area contributed by atoms with Crippen LogP contribution in [0, 0.1) is 6.92 Å². The van der Waals surface area contributed by atoms with Crippen molar-refractivity contribution in [2.75, 3.05) is 12.8 Å². The predicted molar refractivity (Wildman–Crippen MR) is 76.9 cm³/mol. The minimum atomic E-state index is 0.257. The largest absolute Gasteiger partial charge is 0.342 e. The highest BCUT2D eigenvalue weighted by atomic mass is 32.2. The molecule has 0 aromatic heterocycles. The molecule has 0 bridgehead atoms. The van der Waals surface area contributed by atoms with Crippen molar-refractivity contribution < 1.29 is 4.79 Å². The van der Waals surface area contributed by atoms with Crippen LogP contribution in [0.4, 0.5) is 0 Å². The summed E-state index contributed by atoms with van der Waals surface area (Å²) in [7, 11) is 1.95. The van der Waals surface area contributed by atoms with E-state index in [1.807, 2.05) is 11.9 Å². The molecule has 0 spiro atoms. The van der Waals surface area contributed by atoms with Crippen molar-refractivity contribution in [1.82, 2.24) is 4.90 Å². The van der Waals surface area contributed by atoms with Gasteiger partial charge in [-0.05, 0) is 31.9 Å². The number of thioether (sulfide) groups is 1. The van der Waals surface area contributed by atoms with Crippen LogP contribution in [0.5, 0.6) is 0 Å². The molecule has 0 saturated heterocycles. The fourth-order valence-electron chi connectivity index (χ4n) is 2.38. The molecule has 1 aromatic carbocycles. The van der Waals surface area contributed by atoms with Gasteiger partial charge < -0.3 is 4.90 Å². The Hall–Kier alpha value is -0.960. The van der Waals surface area contributed by atoms with E-state index in [1.165, 1.54) is 36.1 Å². The Bertz CT molecular complexity index is 395. The summed E-state index contributed by atoms with van der Waals surface area (Å²) in [5.41, 5.74) is 1.26. The average Bonchev–Trinajstić information content (AvgIpc) is 2.90. The van der Waals surface area contributed by atoms with Crippen molar-refractivity contribution in [3.63, 3.8) is 0 Å². The lowest BCUT2D eigenvalue weighted by Crippen LogP contribution is -2.36. The van der Waals surface area contributed by atoms with Gasteiger partial charge in [-0.2, -0.15) is 0 Å². The first-order valence-electron chi connectivity index (χ1n) is 6.62. The predicted octanol–water partition coefficient (Wildman–Crippen LogP) is 3.49. The maximum Gasteiger partial charge on any atom is 0.232 e. The Morgan fingerprint density at radius 3 is 2.50 bits per heavy atom. The molecule has 1 aromatic rings. The number of hydrogen-bond donors (Lipinski definition) is 0. The summed E-state index contributed by atoms with van der Waals surface area (Å²) in [6.45, 7) is 2.08. The Labute approximate surface area is 114 Å². The second kappa shape index (κ2) is 6.28. The summed E-state index contributed by atoms with van der Waals surface area (Å²) < 4.78 is 0. The first kappa shape index (κ1) is 13.5. The highest BCUT2D eigenvalue weighted by molar-refractivity contribution is 8.00. The van der Waals surface area contributed by atoms with Crippen LogP contribution in [0.25, 0.3) is 0 Å². The molecule has 0 unspecified atom stereocenters. The molecular weight excluding hydrogens is 242 g/mol. The number of rotatable bonds is 4. The van der Waals surface area contributed by atoms with Gasteiger partial charge in [0.25, 0.3) is 0 Å². The fourth-order valence-corrected chi connectivity index (χ4v) is 3.20. The topological polar surface area (TPSA) is 20.3 Å². The van der Waals surface area contributed by atoms with E-state index in [-0.39, 0.29) is 5.91 Å². The zero-order chi connectivity index (χ0) is 13.0. The average molecular weight is 263 g/mol. The van der Waals surface area contributed by atoms with Crippen LogP contribution < -0.4 is 0 Å². The molecule has 1 aliphatic carbocycles. The van der Waals surface area contributed by atoms with Gasteiger partial charge in [-0.25, -0.2) is 0 Å². The molecule has 2 nitrogen and oxygen atoms in total. The van der Waals surface area contributed by atoms with E-state index >= 15 is 0 Å². The zero-order valence-corrected chi connectivity index (χ0v) is 12.0. The normalized spacial score (nSPS) is 15.9. The molecule has 0 heterocycles. The number of benzene rings is 1. The Balaban J connectivity index is 1.82. The van der Waals surface area contributed by atoms with Crippen LogP contribution in [0.1, 0.15) is 31.2 Å². The Kier molecular flexibility index (Phi) is 4.70. The lowest BCUT2D eigenvalue weighted by Gasteiger charge is -2.24. The van der Waals surface area contributed by atoms with Gasteiger partial charge in [0.1, 0.15) is 0 Å². The van der Waals surface area contributed by atoms with Gasteiger partial charge in [0.2, 0.25) is 5.91 Å². The second-order valence-corrected chi connectivity index (χ2v) is 6.09. The molecule has 1 aliphatic rings. The third kappa shape index (κ3) is 3.52. The third-order valence-electron chi connectivity index (χ3n) is 3.65. The summed E-state index contributed by atoms with van der Waals surface area (Å²) in [6, 6.07) is 8.84. The summed E-state index contributed by atoms with van der Waals surface area (Å²) in [4.78, 5) is 15.2. The van der Waals surface area contributed by atoms with Crippen LogP contribution in [0.15, 0.2) is 29.2 Å². The number of carbonyl (C=O) groups excluding carboxylic acids is 1. The maximum absolute atomic E-state index is 12.1. The molecule has 1 fully saturated rings. The van der Waals surface area contributed by atoms with Crippen molar-refractivity contribution in [2.45, 2.75) is 43.5 Å². The fraction of sp³-hybridized carbons (Fsp3) is 0.533. The Morgan fingerprint density at radius 2 is 1.89 bits per heavy atom. The van der Waals surface area contributed by atoms with Crippen LogP contribution in [0.3, 0.4) is 0 Å². The highest BCUT2D eigenvalue weighted by Gasteiger charge is 2.22. The Morgan fingerprint density at radius 1 is 1.28 bits per heavy atom. The van der Waals surface area contributed by atoms with Crippen molar-refractivity contribution in [3.05, 3.63) is 29.8 Å². The monoisotopic (exact) mass is 263 g/mol. The first-order valence-corrected chi connectivity index (χ1v) is 7.60. The quantitative estimate of drug-likeness (QED) is 0.775. The van der Waals surface area contributed by atoms with E-state index in [2.05, 4.69) is 31.2 Å². The maximum atomic E-state index is 12.1. The molecule has 0 aliphatic heterocycles. The lowest BCUT2D eigenvalue weighted by atomic mass is 10.2. The smallest absolute Gasteiger partial charge is 0.232 e. The zero-order valence-electron chi connectivity index (χ0n) is 11.2. The molecule has 0 N–H and O–H groups in total. The molecule has 98 valence electrons. The third-order valence-corrected chi connectivity index (χ3v) is 4.65. The standard InChI is InChI=1S/C15H21NOS/c1-12-7-9-14(10-8-12)18-11-15(17)16(2)13-5-3-4-6-13/h7-10,13H,3-6,11H2,1-2H3. The number of amides is 1. The van der Waals surface area contributed by atoms with Crippen LogP contribution in [-0.2, 0) is 4.79 Å². The molecule has 0 atom stereocenters. The van der Waals surface area contributed by atoms with Crippen molar-refractivity contribution in [2.24, 2.45) is 0 Å². The number of aryl methyl sites for hydroxylation is 1. The minimum Gasteiger partial charge on any atom is -0.342 e. The van der Waals surface area contributed by atoms with E-state index in [1.54, 1.807) is 11.8 Å². The van der Waals surface area contributed by atoms with Gasteiger partial charge in [-0.15, -0.1) is 11.8 Å². The summed E-state index contributed by atoms with van der Waals surface area (Å²) in [5, 5.41) is 0. The van der Waals surface area contributed by atoms with Gasteiger partial charge in [0.05, 0.1) is 5.75 Å². The van der Waals surface area contributed by atoms with Gasteiger partial charge in [0, 0.05) is 18.0 Å². The van der Waals surface area contributed by atoms with E-state index in [4.69, 9.17) is 0 Å². The summed E-state index contributed by atoms with van der Waals surface area (Å²) in [5.74, 6) is 0.809. The lowest BCUT2D eigenvalue weighted by molar-refractivity contribution is -0.129. The van der Waals surface area contributed by atoms with Crippen molar-refractivity contribution in [3.8, 4) is 0 Å². The van der Waals surface area contributed by atoms with Gasteiger partial charge in [-0.1, -0.05) is 30.5 Å². The molecule has 0 radical (unpaired) electrons. The van der Waals surface area contributed by atoms with Gasteiger partial charge >= 0.3 is 0 Å². The van der Waals surface area contributed by atoms with Gasteiger partial charge in [-0.3, -0.25) is 4.79 Å².